The van der Waals surface area contributed by atoms with Crippen molar-refractivity contribution >= 4 is 0 Å². The van der Waals surface area contributed by atoms with Crippen LogP contribution in [0.4, 0.5) is 0 Å². The van der Waals surface area contributed by atoms with Crippen LogP contribution >= 0.6 is 0 Å². The second kappa shape index (κ2) is 9.25. The molecule has 1 atom stereocenters. The first kappa shape index (κ1) is 19.7. The largest absolute Gasteiger partial charge is 0.497 e. The summed E-state index contributed by atoms with van der Waals surface area (Å²) in [4.78, 5) is 2.50. The second-order valence-electron chi connectivity index (χ2n) is 7.42. The summed E-state index contributed by atoms with van der Waals surface area (Å²) in [5.74, 6) is 2.02. The van der Waals surface area contributed by atoms with Gasteiger partial charge in [-0.3, -0.25) is 0 Å². The predicted octanol–water partition coefficient (Wildman–Crippen LogP) is 4.00. The first-order valence-corrected chi connectivity index (χ1v) is 9.79. The van der Waals surface area contributed by atoms with E-state index in [9.17, 15) is 5.11 Å². The summed E-state index contributed by atoms with van der Waals surface area (Å²) in [5, 5.41) is 10.9. The van der Waals surface area contributed by atoms with Crippen molar-refractivity contribution in [2.24, 2.45) is 5.92 Å². The summed E-state index contributed by atoms with van der Waals surface area (Å²) in [6.45, 7) is 5.15. The SMILES string of the molecule is COc1ccc(CCN2CCC(C(O)c3cccc(C)c3OC)CC2)cc1. The maximum absolute atomic E-state index is 10.9. The molecule has 146 valence electrons. The molecule has 0 saturated carbocycles. The van der Waals surface area contributed by atoms with E-state index in [1.165, 1.54) is 5.56 Å². The average Bonchev–Trinajstić information content (AvgIpc) is 2.72. The van der Waals surface area contributed by atoms with Crippen LogP contribution in [-0.4, -0.2) is 43.9 Å². The van der Waals surface area contributed by atoms with E-state index in [1.54, 1.807) is 14.2 Å². The van der Waals surface area contributed by atoms with Crippen LogP contribution in [-0.2, 0) is 6.42 Å². The molecule has 3 rings (SSSR count). The summed E-state index contributed by atoms with van der Waals surface area (Å²) in [6, 6.07) is 14.3. The Kier molecular flexibility index (Phi) is 6.75. The molecule has 0 spiro atoms. The zero-order valence-corrected chi connectivity index (χ0v) is 16.6. The molecule has 4 nitrogen and oxygen atoms in total. The fraction of sp³-hybridized carbons (Fsp3) is 0.478. The molecule has 2 aromatic carbocycles. The van der Waals surface area contributed by atoms with Gasteiger partial charge in [-0.05, 0) is 68.5 Å². The number of methoxy groups -OCH3 is 2. The van der Waals surface area contributed by atoms with Gasteiger partial charge < -0.3 is 19.5 Å². The highest BCUT2D eigenvalue weighted by Gasteiger charge is 2.28. The lowest BCUT2D eigenvalue weighted by Gasteiger charge is -2.34. The topological polar surface area (TPSA) is 41.9 Å². The van der Waals surface area contributed by atoms with Gasteiger partial charge in [-0.25, -0.2) is 0 Å². The van der Waals surface area contributed by atoms with Crippen molar-refractivity contribution in [2.45, 2.75) is 32.3 Å². The number of aryl methyl sites for hydroxylation is 1. The second-order valence-corrected chi connectivity index (χ2v) is 7.42. The van der Waals surface area contributed by atoms with E-state index in [4.69, 9.17) is 9.47 Å². The van der Waals surface area contributed by atoms with E-state index in [-0.39, 0.29) is 5.92 Å². The van der Waals surface area contributed by atoms with Gasteiger partial charge in [0.25, 0.3) is 0 Å². The Balaban J connectivity index is 1.51. The van der Waals surface area contributed by atoms with E-state index in [2.05, 4.69) is 17.0 Å². The van der Waals surface area contributed by atoms with Gasteiger partial charge in [-0.1, -0.05) is 30.3 Å². The Morgan fingerprint density at radius 1 is 1.04 bits per heavy atom. The van der Waals surface area contributed by atoms with Crippen LogP contribution in [0.3, 0.4) is 0 Å². The van der Waals surface area contributed by atoms with Gasteiger partial charge in [0.05, 0.1) is 20.3 Å². The highest BCUT2D eigenvalue weighted by atomic mass is 16.5. The molecule has 1 unspecified atom stereocenters. The zero-order valence-electron chi connectivity index (χ0n) is 16.6. The molecule has 0 amide bonds. The Morgan fingerprint density at radius 2 is 1.74 bits per heavy atom. The third-order valence-electron chi connectivity index (χ3n) is 5.72. The molecule has 2 aromatic rings. The van der Waals surface area contributed by atoms with E-state index < -0.39 is 6.10 Å². The summed E-state index contributed by atoms with van der Waals surface area (Å²) < 4.78 is 10.7. The minimum absolute atomic E-state index is 0.290. The fourth-order valence-corrected chi connectivity index (χ4v) is 4.01. The lowest BCUT2D eigenvalue weighted by Crippen LogP contribution is -2.36. The standard InChI is InChI=1S/C23H31NO3/c1-17-5-4-6-21(23(17)27-3)22(25)19-12-15-24(16-13-19)14-11-18-7-9-20(26-2)10-8-18/h4-10,19,22,25H,11-16H2,1-3H3. The Labute approximate surface area is 162 Å². The van der Waals surface area contributed by atoms with Gasteiger partial charge >= 0.3 is 0 Å². The van der Waals surface area contributed by atoms with E-state index in [1.807, 2.05) is 37.3 Å². The summed E-state index contributed by atoms with van der Waals surface area (Å²) >= 11 is 0. The van der Waals surface area contributed by atoms with Crippen molar-refractivity contribution in [1.82, 2.24) is 4.90 Å². The summed E-state index contributed by atoms with van der Waals surface area (Å²) in [5.41, 5.74) is 3.34. The van der Waals surface area contributed by atoms with Crippen molar-refractivity contribution < 1.29 is 14.6 Å². The molecule has 1 N–H and O–H groups in total. The number of hydrogen-bond acceptors (Lipinski definition) is 4. The highest BCUT2D eigenvalue weighted by Crippen LogP contribution is 2.36. The van der Waals surface area contributed by atoms with Crippen LogP contribution in [0.15, 0.2) is 42.5 Å². The Hall–Kier alpha value is -2.04. The number of para-hydroxylation sites is 1. The van der Waals surface area contributed by atoms with E-state index in [0.29, 0.717) is 0 Å². The van der Waals surface area contributed by atoms with Crippen LogP contribution in [0.25, 0.3) is 0 Å². The van der Waals surface area contributed by atoms with Crippen molar-refractivity contribution in [3.8, 4) is 11.5 Å². The quantitative estimate of drug-likeness (QED) is 0.801. The molecule has 1 fully saturated rings. The molecule has 1 aliphatic heterocycles. The third-order valence-corrected chi connectivity index (χ3v) is 5.72. The number of ether oxygens (including phenoxy) is 2. The van der Waals surface area contributed by atoms with Gasteiger partial charge in [-0.15, -0.1) is 0 Å². The molecule has 0 bridgehead atoms. The number of aliphatic hydroxyl groups excluding tert-OH is 1. The van der Waals surface area contributed by atoms with Crippen LogP contribution in [0.1, 0.15) is 35.6 Å². The average molecular weight is 370 g/mol. The van der Waals surface area contributed by atoms with Gasteiger partial charge in [0.2, 0.25) is 0 Å². The summed E-state index contributed by atoms with van der Waals surface area (Å²) in [6.07, 6.45) is 2.62. The molecule has 0 aromatic heterocycles. The first-order chi connectivity index (χ1) is 13.1. The van der Waals surface area contributed by atoms with Gasteiger partial charge in [0.15, 0.2) is 0 Å². The number of piperidine rings is 1. The molecule has 4 heteroatoms. The van der Waals surface area contributed by atoms with Gasteiger partial charge in [-0.2, -0.15) is 0 Å². The Morgan fingerprint density at radius 3 is 2.37 bits per heavy atom. The highest BCUT2D eigenvalue weighted by molar-refractivity contribution is 5.42. The summed E-state index contributed by atoms with van der Waals surface area (Å²) in [7, 11) is 3.38. The number of aliphatic hydroxyl groups is 1. The van der Waals surface area contributed by atoms with Crippen LogP contribution in [0.2, 0.25) is 0 Å². The molecule has 0 radical (unpaired) electrons. The number of rotatable bonds is 7. The zero-order chi connectivity index (χ0) is 19.2. The number of benzene rings is 2. The fourth-order valence-electron chi connectivity index (χ4n) is 4.01. The maximum atomic E-state index is 10.9. The van der Waals surface area contributed by atoms with Crippen LogP contribution in [0.5, 0.6) is 11.5 Å². The van der Waals surface area contributed by atoms with E-state index >= 15 is 0 Å². The van der Waals surface area contributed by atoms with Crippen LogP contribution in [0, 0.1) is 12.8 Å². The number of nitrogens with zero attached hydrogens (tertiary/aromatic N) is 1. The predicted molar refractivity (Wildman–Crippen MR) is 109 cm³/mol. The number of hydrogen-bond donors (Lipinski definition) is 1. The maximum Gasteiger partial charge on any atom is 0.127 e. The lowest BCUT2D eigenvalue weighted by atomic mass is 9.86. The van der Waals surface area contributed by atoms with E-state index in [0.717, 1.165) is 61.5 Å². The van der Waals surface area contributed by atoms with Crippen molar-refractivity contribution in [3.05, 3.63) is 59.2 Å². The van der Waals surface area contributed by atoms with Crippen molar-refractivity contribution in [3.63, 3.8) is 0 Å². The normalized spacial score (nSPS) is 16.9. The van der Waals surface area contributed by atoms with Crippen LogP contribution < -0.4 is 9.47 Å². The number of likely N-dealkylation sites (tertiary alicyclic amines) is 1. The minimum atomic E-state index is -0.455. The first-order valence-electron chi connectivity index (χ1n) is 9.79. The molecule has 27 heavy (non-hydrogen) atoms. The molecule has 0 aliphatic carbocycles. The molecule has 1 heterocycles. The third kappa shape index (κ3) is 4.82. The molecular weight excluding hydrogens is 338 g/mol. The van der Waals surface area contributed by atoms with Crippen molar-refractivity contribution in [1.29, 1.82) is 0 Å². The Bertz CT molecular complexity index is 721. The molecule has 1 aliphatic rings. The monoisotopic (exact) mass is 369 g/mol. The minimum Gasteiger partial charge on any atom is -0.497 e. The smallest absolute Gasteiger partial charge is 0.127 e. The molecule has 1 saturated heterocycles. The molecular formula is C23H31NO3. The van der Waals surface area contributed by atoms with Gasteiger partial charge in [0.1, 0.15) is 11.5 Å². The van der Waals surface area contributed by atoms with Gasteiger partial charge in [0, 0.05) is 12.1 Å². The lowest BCUT2D eigenvalue weighted by molar-refractivity contribution is 0.0575. The van der Waals surface area contributed by atoms with Crippen molar-refractivity contribution in [2.75, 3.05) is 33.9 Å².